The lowest BCUT2D eigenvalue weighted by Crippen LogP contribution is -2.66. The molecule has 0 radical (unpaired) electrons. The van der Waals surface area contributed by atoms with Gasteiger partial charge < -0.3 is 14.5 Å². The summed E-state index contributed by atoms with van der Waals surface area (Å²) in [6.07, 6.45) is 0.384. The number of rotatable bonds is 3. The summed E-state index contributed by atoms with van der Waals surface area (Å²) in [5.74, 6) is -0.912. The molecule has 0 saturated heterocycles. The van der Waals surface area contributed by atoms with Crippen molar-refractivity contribution in [2.45, 2.75) is 37.6 Å². The Labute approximate surface area is 131 Å². The maximum atomic E-state index is 12.5. The van der Waals surface area contributed by atoms with E-state index in [2.05, 4.69) is 5.32 Å². The van der Waals surface area contributed by atoms with Crippen LogP contribution in [0, 0.1) is 5.92 Å². The van der Waals surface area contributed by atoms with Crippen molar-refractivity contribution in [1.82, 2.24) is 0 Å². The van der Waals surface area contributed by atoms with E-state index >= 15 is 0 Å². The van der Waals surface area contributed by atoms with E-state index in [1.165, 1.54) is 7.11 Å². The van der Waals surface area contributed by atoms with E-state index in [1.807, 2.05) is 43.9 Å². The van der Waals surface area contributed by atoms with E-state index in [0.29, 0.717) is 6.42 Å². The molecular formula is C16H21NO4Si. The van der Waals surface area contributed by atoms with E-state index < -0.39 is 13.9 Å². The fourth-order valence-corrected chi connectivity index (χ4v) is 5.02. The second-order valence-electron chi connectivity index (χ2n) is 6.96. The summed E-state index contributed by atoms with van der Waals surface area (Å²) in [5.41, 5.74) is 0.695. The Kier molecular flexibility index (Phi) is 3.41. The van der Waals surface area contributed by atoms with Crippen LogP contribution in [0.3, 0.4) is 0 Å². The van der Waals surface area contributed by atoms with Crippen molar-refractivity contribution < 1.29 is 18.8 Å². The molecule has 22 heavy (non-hydrogen) atoms. The Morgan fingerprint density at radius 2 is 2.00 bits per heavy atom. The third-order valence-electron chi connectivity index (χ3n) is 4.34. The number of esters is 1. The predicted molar refractivity (Wildman–Crippen MR) is 85.1 cm³/mol. The summed E-state index contributed by atoms with van der Waals surface area (Å²) < 4.78 is 11.3. The number of carbonyl (C=O) groups excluding carboxylic acids is 2. The first kappa shape index (κ1) is 15.2. The number of amides is 1. The van der Waals surface area contributed by atoms with Crippen molar-refractivity contribution in [1.29, 1.82) is 0 Å². The van der Waals surface area contributed by atoms with Crippen molar-refractivity contribution in [3.63, 3.8) is 0 Å². The number of para-hydroxylation sites is 1. The van der Waals surface area contributed by atoms with Gasteiger partial charge in [0.1, 0.15) is 0 Å². The van der Waals surface area contributed by atoms with Gasteiger partial charge in [-0.3, -0.25) is 4.79 Å². The van der Waals surface area contributed by atoms with Crippen LogP contribution >= 0.6 is 0 Å². The second-order valence-corrected chi connectivity index (χ2v) is 11.4. The monoisotopic (exact) mass is 319 g/mol. The molecule has 5 nitrogen and oxygen atoms in total. The molecule has 1 aromatic carbocycles. The Bertz CT molecular complexity index is 639. The summed E-state index contributed by atoms with van der Waals surface area (Å²) in [6.45, 7) is 6.12. The highest BCUT2D eigenvalue weighted by Gasteiger charge is 2.66. The minimum absolute atomic E-state index is 0.0394. The lowest BCUT2D eigenvalue weighted by molar-refractivity contribution is -0.181. The van der Waals surface area contributed by atoms with Gasteiger partial charge in [0.15, 0.2) is 13.9 Å². The van der Waals surface area contributed by atoms with Gasteiger partial charge in [0, 0.05) is 11.6 Å². The van der Waals surface area contributed by atoms with Gasteiger partial charge in [-0.25, -0.2) is 4.79 Å². The number of hydrogen-bond donors (Lipinski definition) is 1. The number of hydrogen-bond acceptors (Lipinski definition) is 4. The van der Waals surface area contributed by atoms with E-state index in [0.717, 1.165) is 11.3 Å². The molecule has 6 heteroatoms. The molecule has 1 N–H and O–H groups in total. The van der Waals surface area contributed by atoms with Gasteiger partial charge in [-0.15, -0.1) is 0 Å². The Hall–Kier alpha value is -1.66. The highest BCUT2D eigenvalue weighted by Crippen LogP contribution is 2.58. The van der Waals surface area contributed by atoms with E-state index in [1.54, 1.807) is 0 Å². The maximum absolute atomic E-state index is 12.5. The fraction of sp³-hybridized carbons (Fsp3) is 0.500. The molecule has 0 unspecified atom stereocenters. The molecule has 0 bridgehead atoms. The number of methoxy groups -OCH3 is 1. The van der Waals surface area contributed by atoms with Crippen molar-refractivity contribution in [2.75, 3.05) is 12.4 Å². The zero-order chi connectivity index (χ0) is 16.1. The Morgan fingerprint density at radius 3 is 2.64 bits per heavy atom. The third kappa shape index (κ3) is 2.18. The van der Waals surface area contributed by atoms with Crippen molar-refractivity contribution in [2.24, 2.45) is 5.92 Å². The molecule has 1 aliphatic heterocycles. The smallest absolute Gasteiger partial charge is 0.337 e. The molecule has 0 spiro atoms. The first-order valence-corrected chi connectivity index (χ1v) is 10.9. The topological polar surface area (TPSA) is 64.6 Å². The molecule has 3 rings (SSSR count). The molecule has 1 aromatic rings. The molecule has 0 aromatic heterocycles. The van der Waals surface area contributed by atoms with Crippen LogP contribution in [0.4, 0.5) is 5.69 Å². The average Bonchev–Trinajstić information content (AvgIpc) is 2.42. The summed E-state index contributed by atoms with van der Waals surface area (Å²) in [4.78, 5) is 24.8. The minimum atomic E-state index is -1.99. The molecule has 1 fully saturated rings. The summed E-state index contributed by atoms with van der Waals surface area (Å²) in [7, 11) is -0.619. The minimum Gasteiger partial charge on any atom is -0.467 e. The number of carbonyl (C=O) groups is 2. The number of anilines is 1. The Morgan fingerprint density at radius 1 is 1.32 bits per heavy atom. The van der Waals surface area contributed by atoms with Gasteiger partial charge in [-0.05, 0) is 37.7 Å². The molecular weight excluding hydrogens is 298 g/mol. The highest BCUT2D eigenvalue weighted by molar-refractivity contribution is 6.70. The molecule has 3 atom stereocenters. The SMILES string of the molecule is COC(=O)[C@@]1(O[Si](C)(C)C)C[C@@H]2C(=O)Nc3ccccc3[C@@H]21. The number of fused-ring (bicyclic) bond motifs is 3. The molecule has 1 amide bonds. The Balaban J connectivity index is 2.08. The number of nitrogens with one attached hydrogen (secondary N) is 1. The van der Waals surface area contributed by atoms with Crippen LogP contribution in [-0.4, -0.2) is 32.9 Å². The van der Waals surface area contributed by atoms with Crippen LogP contribution in [0.5, 0.6) is 0 Å². The molecule has 1 heterocycles. The van der Waals surface area contributed by atoms with Gasteiger partial charge in [0.25, 0.3) is 0 Å². The van der Waals surface area contributed by atoms with E-state index in [4.69, 9.17) is 9.16 Å². The van der Waals surface area contributed by atoms with Crippen molar-refractivity contribution >= 4 is 25.9 Å². The van der Waals surface area contributed by atoms with Gasteiger partial charge >= 0.3 is 5.97 Å². The van der Waals surface area contributed by atoms with E-state index in [-0.39, 0.29) is 23.7 Å². The first-order chi connectivity index (χ1) is 10.3. The highest BCUT2D eigenvalue weighted by atomic mass is 28.4. The van der Waals surface area contributed by atoms with E-state index in [9.17, 15) is 9.59 Å². The largest absolute Gasteiger partial charge is 0.467 e. The summed E-state index contributed by atoms with van der Waals surface area (Å²) >= 11 is 0. The standard InChI is InChI=1S/C16H21NO4Si/c1-20-15(19)16(21-22(2,3)4)9-11-13(16)10-7-5-6-8-12(10)17-14(11)18/h5-8,11,13H,9H2,1-4H3,(H,17,18)/t11-,13-,16+/m0/s1. The van der Waals surface area contributed by atoms with Crippen LogP contribution in [0.25, 0.3) is 0 Å². The molecule has 2 aliphatic rings. The van der Waals surface area contributed by atoms with Gasteiger partial charge in [-0.2, -0.15) is 0 Å². The zero-order valence-electron chi connectivity index (χ0n) is 13.3. The quantitative estimate of drug-likeness (QED) is 0.687. The van der Waals surface area contributed by atoms with Crippen LogP contribution in [0.1, 0.15) is 17.9 Å². The van der Waals surface area contributed by atoms with Gasteiger partial charge in [-0.1, -0.05) is 18.2 Å². The lowest BCUT2D eigenvalue weighted by Gasteiger charge is -2.55. The van der Waals surface area contributed by atoms with Crippen molar-refractivity contribution in [3.8, 4) is 0 Å². The second kappa shape index (κ2) is 4.92. The fourth-order valence-electron chi connectivity index (χ4n) is 3.63. The third-order valence-corrected chi connectivity index (χ3v) is 5.31. The molecule has 1 saturated carbocycles. The van der Waals surface area contributed by atoms with Crippen LogP contribution in [0.15, 0.2) is 24.3 Å². The predicted octanol–water partition coefficient (Wildman–Crippen LogP) is 2.51. The number of benzene rings is 1. The van der Waals surface area contributed by atoms with Crippen LogP contribution < -0.4 is 5.32 Å². The normalized spacial score (nSPS) is 29.7. The van der Waals surface area contributed by atoms with Gasteiger partial charge in [0.2, 0.25) is 5.91 Å². The van der Waals surface area contributed by atoms with Crippen LogP contribution in [-0.2, 0) is 18.8 Å². The molecule has 118 valence electrons. The summed E-state index contributed by atoms with van der Waals surface area (Å²) in [6, 6.07) is 7.61. The average molecular weight is 319 g/mol. The zero-order valence-corrected chi connectivity index (χ0v) is 14.3. The van der Waals surface area contributed by atoms with Crippen LogP contribution in [0.2, 0.25) is 19.6 Å². The lowest BCUT2D eigenvalue weighted by atomic mass is 9.56. The van der Waals surface area contributed by atoms with Gasteiger partial charge in [0.05, 0.1) is 13.0 Å². The summed E-state index contributed by atoms with van der Waals surface area (Å²) in [5, 5.41) is 2.91. The number of ether oxygens (including phenoxy) is 1. The van der Waals surface area contributed by atoms with Crippen molar-refractivity contribution in [3.05, 3.63) is 29.8 Å². The maximum Gasteiger partial charge on any atom is 0.337 e. The first-order valence-electron chi connectivity index (χ1n) is 7.47. The molecule has 1 aliphatic carbocycles.